The zero-order valence-electron chi connectivity index (χ0n) is 17.9. The van der Waals surface area contributed by atoms with E-state index in [-0.39, 0.29) is 24.3 Å². The average molecular weight is 403 g/mol. The Morgan fingerprint density at radius 3 is 2.38 bits per heavy atom. The van der Waals surface area contributed by atoms with Gasteiger partial charge in [-0.1, -0.05) is 32.0 Å². The molecule has 2 aliphatic heterocycles. The molecule has 2 saturated heterocycles. The Hall–Kier alpha value is -2.08. The molecule has 6 nitrogen and oxygen atoms in total. The third-order valence-electron chi connectivity index (χ3n) is 6.27. The van der Waals surface area contributed by atoms with Gasteiger partial charge in [0, 0.05) is 45.1 Å². The summed E-state index contributed by atoms with van der Waals surface area (Å²) >= 11 is 0. The second kappa shape index (κ2) is 10.1. The molecule has 2 heterocycles. The predicted molar refractivity (Wildman–Crippen MR) is 112 cm³/mol. The first-order chi connectivity index (χ1) is 14.0. The van der Waals surface area contributed by atoms with E-state index >= 15 is 0 Å². The van der Waals surface area contributed by atoms with Crippen LogP contribution in [0, 0.1) is 23.7 Å². The highest BCUT2D eigenvalue weighted by Crippen LogP contribution is 2.36. The van der Waals surface area contributed by atoms with Crippen molar-refractivity contribution in [2.24, 2.45) is 23.7 Å². The van der Waals surface area contributed by atoms with Gasteiger partial charge in [0.2, 0.25) is 11.8 Å². The molecule has 2 atom stereocenters. The van der Waals surface area contributed by atoms with E-state index in [9.17, 15) is 9.59 Å². The van der Waals surface area contributed by atoms with Gasteiger partial charge in [-0.3, -0.25) is 9.59 Å². The number of ether oxygens (including phenoxy) is 2. The second-order valence-electron chi connectivity index (χ2n) is 8.60. The van der Waals surface area contributed by atoms with E-state index in [0.717, 1.165) is 38.2 Å². The van der Waals surface area contributed by atoms with Gasteiger partial charge in [-0.2, -0.15) is 0 Å². The molecule has 0 unspecified atom stereocenters. The first-order valence-electron chi connectivity index (χ1n) is 10.7. The summed E-state index contributed by atoms with van der Waals surface area (Å²) in [6, 6.07) is 9.85. The standard InChI is InChI=1S/C23H34N2O4/c1-17(2)23(27)24-11-9-18(10-12-24)21-14-25(22(26)16-28-3)13-19(21)15-29-20-7-5-4-6-8-20/h4-8,17-19,21H,9-16H2,1-3H3/t19-,21-/m0/s1. The Morgan fingerprint density at radius 1 is 1.07 bits per heavy atom. The van der Waals surface area contributed by atoms with E-state index in [4.69, 9.17) is 9.47 Å². The minimum atomic E-state index is 0.0483. The molecule has 0 N–H and O–H groups in total. The Bertz CT molecular complexity index is 671. The monoisotopic (exact) mass is 402 g/mol. The average Bonchev–Trinajstić information content (AvgIpc) is 3.17. The molecule has 1 aromatic rings. The van der Waals surface area contributed by atoms with Gasteiger partial charge >= 0.3 is 0 Å². The van der Waals surface area contributed by atoms with E-state index < -0.39 is 0 Å². The Balaban J connectivity index is 1.63. The highest BCUT2D eigenvalue weighted by Gasteiger charge is 2.41. The highest BCUT2D eigenvalue weighted by molar-refractivity contribution is 5.78. The Labute approximate surface area is 174 Å². The highest BCUT2D eigenvalue weighted by atomic mass is 16.5. The number of carbonyl (C=O) groups is 2. The third kappa shape index (κ3) is 5.50. The minimum absolute atomic E-state index is 0.0483. The van der Waals surface area contributed by atoms with Crippen molar-refractivity contribution < 1.29 is 19.1 Å². The minimum Gasteiger partial charge on any atom is -0.493 e. The SMILES string of the molecule is COCC(=O)N1C[C@@H](COc2ccccc2)[C@H](C2CCN(C(=O)C(C)C)CC2)C1. The van der Waals surface area contributed by atoms with Crippen LogP contribution in [0.15, 0.2) is 30.3 Å². The fourth-order valence-electron chi connectivity index (χ4n) is 4.66. The molecule has 1 aromatic carbocycles. The van der Waals surface area contributed by atoms with Crippen molar-refractivity contribution in [1.82, 2.24) is 9.80 Å². The van der Waals surface area contributed by atoms with Crippen molar-refractivity contribution in [3.8, 4) is 5.75 Å². The topological polar surface area (TPSA) is 59.1 Å². The van der Waals surface area contributed by atoms with Crippen LogP contribution in [0.5, 0.6) is 5.75 Å². The number of hydrogen-bond acceptors (Lipinski definition) is 4. The first-order valence-corrected chi connectivity index (χ1v) is 10.7. The summed E-state index contributed by atoms with van der Waals surface area (Å²) in [7, 11) is 1.56. The van der Waals surface area contributed by atoms with Crippen LogP contribution in [0.2, 0.25) is 0 Å². The van der Waals surface area contributed by atoms with Crippen LogP contribution in [0.3, 0.4) is 0 Å². The smallest absolute Gasteiger partial charge is 0.248 e. The molecule has 0 saturated carbocycles. The molecule has 2 amide bonds. The molecule has 0 aliphatic carbocycles. The maximum Gasteiger partial charge on any atom is 0.248 e. The van der Waals surface area contributed by atoms with Crippen LogP contribution in [-0.4, -0.2) is 68.1 Å². The molecule has 2 fully saturated rings. The molecule has 3 rings (SSSR count). The fraction of sp³-hybridized carbons (Fsp3) is 0.652. The van der Waals surface area contributed by atoms with Crippen LogP contribution in [0.25, 0.3) is 0 Å². The maximum atomic E-state index is 12.4. The number of nitrogens with zero attached hydrogens (tertiary/aromatic N) is 2. The number of methoxy groups -OCH3 is 1. The zero-order chi connectivity index (χ0) is 20.8. The van der Waals surface area contributed by atoms with E-state index in [1.807, 2.05) is 54.0 Å². The summed E-state index contributed by atoms with van der Waals surface area (Å²) in [6.45, 7) is 7.76. The summed E-state index contributed by atoms with van der Waals surface area (Å²) in [6.07, 6.45) is 1.99. The van der Waals surface area contributed by atoms with Crippen LogP contribution in [0.4, 0.5) is 0 Å². The number of piperidine rings is 1. The largest absolute Gasteiger partial charge is 0.493 e. The lowest BCUT2D eigenvalue weighted by Crippen LogP contribution is -2.43. The molecule has 0 spiro atoms. The molecule has 0 bridgehead atoms. The number of hydrogen-bond donors (Lipinski definition) is 0. The normalized spacial score (nSPS) is 22.9. The van der Waals surface area contributed by atoms with E-state index in [1.165, 1.54) is 0 Å². The molecule has 160 valence electrons. The summed E-state index contributed by atoms with van der Waals surface area (Å²) in [4.78, 5) is 28.6. The van der Waals surface area contributed by atoms with Crippen molar-refractivity contribution in [2.75, 3.05) is 46.5 Å². The molecule has 29 heavy (non-hydrogen) atoms. The maximum absolute atomic E-state index is 12.4. The van der Waals surface area contributed by atoms with Gasteiger partial charge in [0.05, 0.1) is 6.61 Å². The molecule has 2 aliphatic rings. The lowest BCUT2D eigenvalue weighted by Gasteiger charge is -2.37. The summed E-state index contributed by atoms with van der Waals surface area (Å²) < 4.78 is 11.1. The lowest BCUT2D eigenvalue weighted by molar-refractivity contribution is -0.136. The van der Waals surface area contributed by atoms with Gasteiger partial charge in [-0.25, -0.2) is 0 Å². The third-order valence-corrected chi connectivity index (χ3v) is 6.27. The van der Waals surface area contributed by atoms with Crippen LogP contribution in [0.1, 0.15) is 26.7 Å². The lowest BCUT2D eigenvalue weighted by atomic mass is 9.78. The van der Waals surface area contributed by atoms with Gasteiger partial charge in [-0.15, -0.1) is 0 Å². The number of rotatable bonds is 7. The summed E-state index contributed by atoms with van der Waals surface area (Å²) in [5, 5.41) is 0. The van der Waals surface area contributed by atoms with Gasteiger partial charge in [0.25, 0.3) is 0 Å². The number of amides is 2. The van der Waals surface area contributed by atoms with Crippen molar-refractivity contribution in [2.45, 2.75) is 26.7 Å². The number of para-hydroxylation sites is 1. The van der Waals surface area contributed by atoms with Crippen molar-refractivity contribution in [3.63, 3.8) is 0 Å². The van der Waals surface area contributed by atoms with Gasteiger partial charge in [0.15, 0.2) is 0 Å². The van der Waals surface area contributed by atoms with Crippen molar-refractivity contribution in [1.29, 1.82) is 0 Å². The summed E-state index contributed by atoms with van der Waals surface area (Å²) in [5.41, 5.74) is 0. The van der Waals surface area contributed by atoms with Gasteiger partial charge in [0.1, 0.15) is 12.4 Å². The quantitative estimate of drug-likeness (QED) is 0.704. The molecule has 0 aromatic heterocycles. The zero-order valence-corrected chi connectivity index (χ0v) is 17.9. The molecule has 0 radical (unpaired) electrons. The van der Waals surface area contributed by atoms with Crippen molar-refractivity contribution in [3.05, 3.63) is 30.3 Å². The number of benzene rings is 1. The van der Waals surface area contributed by atoms with E-state index in [1.54, 1.807) is 7.11 Å². The van der Waals surface area contributed by atoms with Crippen LogP contribution >= 0.6 is 0 Å². The number of likely N-dealkylation sites (tertiary alicyclic amines) is 2. The Morgan fingerprint density at radius 2 is 1.76 bits per heavy atom. The molecular formula is C23H34N2O4. The molecular weight excluding hydrogens is 368 g/mol. The molecule has 6 heteroatoms. The number of carbonyl (C=O) groups excluding carboxylic acids is 2. The fourth-order valence-corrected chi connectivity index (χ4v) is 4.66. The second-order valence-corrected chi connectivity index (χ2v) is 8.60. The first kappa shape index (κ1) is 21.6. The van der Waals surface area contributed by atoms with Crippen molar-refractivity contribution >= 4 is 11.8 Å². The van der Waals surface area contributed by atoms with Gasteiger partial charge in [-0.05, 0) is 36.8 Å². The van der Waals surface area contributed by atoms with Gasteiger partial charge < -0.3 is 19.3 Å². The van der Waals surface area contributed by atoms with E-state index in [0.29, 0.717) is 30.9 Å². The summed E-state index contributed by atoms with van der Waals surface area (Å²) in [5.74, 6) is 2.42. The Kier molecular flexibility index (Phi) is 7.53. The predicted octanol–water partition coefficient (Wildman–Crippen LogP) is 2.68. The van der Waals surface area contributed by atoms with E-state index in [2.05, 4.69) is 0 Å². The van der Waals surface area contributed by atoms with Crippen LogP contribution in [-0.2, 0) is 14.3 Å². The van der Waals surface area contributed by atoms with Crippen LogP contribution < -0.4 is 4.74 Å².